The van der Waals surface area contributed by atoms with Crippen LogP contribution < -0.4 is 0 Å². The normalized spacial score (nSPS) is 20.0. The summed E-state index contributed by atoms with van der Waals surface area (Å²) in [4.78, 5) is 0. The van der Waals surface area contributed by atoms with Crippen LogP contribution in [0.2, 0.25) is 0 Å². The lowest BCUT2D eigenvalue weighted by atomic mass is 9.68. The molecule has 0 N–H and O–H groups in total. The Morgan fingerprint density at radius 3 is 1.87 bits per heavy atom. The first kappa shape index (κ1) is 15.0. The van der Waals surface area contributed by atoms with E-state index >= 15 is 0 Å². The van der Waals surface area contributed by atoms with E-state index in [-0.39, 0.29) is 0 Å². The Hall–Kier alpha value is 0. The second-order valence-electron chi connectivity index (χ2n) is 6.26. The highest BCUT2D eigenvalue weighted by Crippen LogP contribution is 2.41. The Balaban J connectivity index is 4.39. The Kier molecular flexibility index (Phi) is 6.55. The Bertz CT molecular complexity index is 159. The van der Waals surface area contributed by atoms with E-state index in [2.05, 4.69) is 48.5 Å². The molecule has 0 aliphatic carbocycles. The van der Waals surface area contributed by atoms with E-state index in [4.69, 9.17) is 0 Å². The van der Waals surface area contributed by atoms with Crippen molar-refractivity contribution in [1.82, 2.24) is 0 Å². The summed E-state index contributed by atoms with van der Waals surface area (Å²) < 4.78 is 0. The summed E-state index contributed by atoms with van der Waals surface area (Å²) in [6.45, 7) is 16.7. The zero-order valence-electron chi connectivity index (χ0n) is 12.1. The fourth-order valence-corrected chi connectivity index (χ4v) is 2.63. The van der Waals surface area contributed by atoms with Crippen LogP contribution in [0.4, 0.5) is 0 Å². The van der Waals surface area contributed by atoms with Crippen LogP contribution in [0.1, 0.15) is 74.1 Å². The molecule has 0 saturated carbocycles. The molecule has 0 aromatic rings. The average molecular weight is 212 g/mol. The smallest absolute Gasteiger partial charge is 0.0300 e. The SMILES string of the molecule is CCC(C)CC(C)(CC)C(C)CC(C)C. The molecule has 0 aromatic carbocycles. The summed E-state index contributed by atoms with van der Waals surface area (Å²) in [6.07, 6.45) is 5.42. The van der Waals surface area contributed by atoms with Gasteiger partial charge in [0.25, 0.3) is 0 Å². The summed E-state index contributed by atoms with van der Waals surface area (Å²) in [5.74, 6) is 2.57. The van der Waals surface area contributed by atoms with Crippen molar-refractivity contribution >= 4 is 0 Å². The highest BCUT2D eigenvalue weighted by molar-refractivity contribution is 4.81. The van der Waals surface area contributed by atoms with Gasteiger partial charge in [-0.2, -0.15) is 0 Å². The van der Waals surface area contributed by atoms with E-state index in [0.29, 0.717) is 5.41 Å². The Labute approximate surface area is 97.8 Å². The van der Waals surface area contributed by atoms with Crippen LogP contribution in [0.5, 0.6) is 0 Å². The molecule has 0 spiro atoms. The first-order chi connectivity index (χ1) is 6.85. The molecule has 3 atom stereocenters. The Morgan fingerprint density at radius 2 is 1.53 bits per heavy atom. The van der Waals surface area contributed by atoms with Crippen molar-refractivity contribution in [2.75, 3.05) is 0 Å². The van der Waals surface area contributed by atoms with Crippen LogP contribution in [0, 0.1) is 23.2 Å². The predicted octanol–water partition coefficient (Wildman–Crippen LogP) is 5.52. The van der Waals surface area contributed by atoms with Gasteiger partial charge in [0.05, 0.1) is 0 Å². The molecular formula is C15H32. The monoisotopic (exact) mass is 212 g/mol. The van der Waals surface area contributed by atoms with Gasteiger partial charge >= 0.3 is 0 Å². The van der Waals surface area contributed by atoms with E-state index in [1.165, 1.54) is 25.7 Å². The zero-order valence-corrected chi connectivity index (χ0v) is 12.1. The third-order valence-corrected chi connectivity index (χ3v) is 4.33. The molecule has 0 saturated heterocycles. The first-order valence-corrected chi connectivity index (χ1v) is 6.85. The maximum atomic E-state index is 2.49. The molecule has 0 radical (unpaired) electrons. The van der Waals surface area contributed by atoms with Crippen LogP contribution in [-0.2, 0) is 0 Å². The highest BCUT2D eigenvalue weighted by atomic mass is 14.4. The maximum Gasteiger partial charge on any atom is -0.0300 e. The van der Waals surface area contributed by atoms with E-state index in [1.807, 2.05) is 0 Å². The van der Waals surface area contributed by atoms with Gasteiger partial charge in [0.2, 0.25) is 0 Å². The van der Waals surface area contributed by atoms with E-state index < -0.39 is 0 Å². The molecule has 0 aliphatic heterocycles. The maximum absolute atomic E-state index is 2.49. The zero-order chi connectivity index (χ0) is 12.1. The minimum absolute atomic E-state index is 0.555. The molecule has 0 heteroatoms. The lowest BCUT2D eigenvalue weighted by Gasteiger charge is -2.38. The van der Waals surface area contributed by atoms with E-state index in [9.17, 15) is 0 Å². The van der Waals surface area contributed by atoms with Gasteiger partial charge in [-0.3, -0.25) is 0 Å². The second kappa shape index (κ2) is 6.55. The van der Waals surface area contributed by atoms with Crippen LogP contribution in [-0.4, -0.2) is 0 Å². The molecule has 0 amide bonds. The molecule has 92 valence electrons. The van der Waals surface area contributed by atoms with Crippen LogP contribution in [0.25, 0.3) is 0 Å². The summed E-state index contributed by atoms with van der Waals surface area (Å²) >= 11 is 0. The van der Waals surface area contributed by atoms with Gasteiger partial charge in [0, 0.05) is 0 Å². The van der Waals surface area contributed by atoms with Gasteiger partial charge in [0.15, 0.2) is 0 Å². The molecule has 15 heavy (non-hydrogen) atoms. The minimum Gasteiger partial charge on any atom is -0.0651 e. The third-order valence-electron chi connectivity index (χ3n) is 4.33. The fraction of sp³-hybridized carbons (Fsp3) is 1.00. The average Bonchev–Trinajstić information content (AvgIpc) is 2.16. The van der Waals surface area contributed by atoms with Crippen molar-refractivity contribution < 1.29 is 0 Å². The molecule has 3 unspecified atom stereocenters. The minimum atomic E-state index is 0.555. The third kappa shape index (κ3) is 5.04. The quantitative estimate of drug-likeness (QED) is 0.521. The molecule has 0 rings (SSSR count). The van der Waals surface area contributed by atoms with E-state index in [0.717, 1.165) is 17.8 Å². The summed E-state index contributed by atoms with van der Waals surface area (Å²) in [6, 6.07) is 0. The molecule has 0 fully saturated rings. The fourth-order valence-electron chi connectivity index (χ4n) is 2.63. The van der Waals surface area contributed by atoms with Crippen molar-refractivity contribution in [3.63, 3.8) is 0 Å². The van der Waals surface area contributed by atoms with Crippen LogP contribution in [0.3, 0.4) is 0 Å². The van der Waals surface area contributed by atoms with Gasteiger partial charge in [-0.15, -0.1) is 0 Å². The second-order valence-corrected chi connectivity index (χ2v) is 6.26. The predicted molar refractivity (Wildman–Crippen MR) is 71.1 cm³/mol. The van der Waals surface area contributed by atoms with E-state index in [1.54, 1.807) is 0 Å². The summed E-state index contributed by atoms with van der Waals surface area (Å²) in [5.41, 5.74) is 0.555. The molecule has 0 aromatic heterocycles. The first-order valence-electron chi connectivity index (χ1n) is 6.85. The molecular weight excluding hydrogens is 180 g/mol. The van der Waals surface area contributed by atoms with Gasteiger partial charge in [-0.05, 0) is 36.0 Å². The van der Waals surface area contributed by atoms with Crippen molar-refractivity contribution in [1.29, 1.82) is 0 Å². The molecule has 0 heterocycles. The van der Waals surface area contributed by atoms with Gasteiger partial charge in [-0.1, -0.05) is 61.3 Å². The lowest BCUT2D eigenvalue weighted by Crippen LogP contribution is -2.28. The van der Waals surface area contributed by atoms with Gasteiger partial charge in [0.1, 0.15) is 0 Å². The van der Waals surface area contributed by atoms with Crippen molar-refractivity contribution in [2.45, 2.75) is 74.1 Å². The van der Waals surface area contributed by atoms with Crippen LogP contribution in [0.15, 0.2) is 0 Å². The summed E-state index contributed by atoms with van der Waals surface area (Å²) in [5, 5.41) is 0. The lowest BCUT2D eigenvalue weighted by molar-refractivity contribution is 0.127. The van der Waals surface area contributed by atoms with Crippen molar-refractivity contribution in [3.8, 4) is 0 Å². The molecule has 0 bridgehead atoms. The number of hydrogen-bond acceptors (Lipinski definition) is 0. The molecule has 0 nitrogen and oxygen atoms in total. The standard InChI is InChI=1S/C15H32/c1-8-13(5)11-15(7,9-2)14(6)10-12(3)4/h12-14H,8-11H2,1-7H3. The number of rotatable bonds is 7. The van der Waals surface area contributed by atoms with Crippen LogP contribution >= 0.6 is 0 Å². The topological polar surface area (TPSA) is 0 Å². The number of hydrogen-bond donors (Lipinski definition) is 0. The highest BCUT2D eigenvalue weighted by Gasteiger charge is 2.30. The van der Waals surface area contributed by atoms with Crippen molar-refractivity contribution in [2.24, 2.45) is 23.2 Å². The van der Waals surface area contributed by atoms with Gasteiger partial charge < -0.3 is 0 Å². The summed E-state index contributed by atoms with van der Waals surface area (Å²) in [7, 11) is 0. The largest absolute Gasteiger partial charge is 0.0651 e. The Morgan fingerprint density at radius 1 is 1.00 bits per heavy atom. The van der Waals surface area contributed by atoms with Gasteiger partial charge in [-0.25, -0.2) is 0 Å². The van der Waals surface area contributed by atoms with Crippen molar-refractivity contribution in [3.05, 3.63) is 0 Å². The molecule has 0 aliphatic rings.